The fourth-order valence-corrected chi connectivity index (χ4v) is 2.77. The van der Waals surface area contributed by atoms with E-state index in [-0.39, 0.29) is 0 Å². The molecule has 24 heavy (non-hydrogen) atoms. The van der Waals surface area contributed by atoms with Gasteiger partial charge in [-0.25, -0.2) is 0 Å². The summed E-state index contributed by atoms with van der Waals surface area (Å²) in [6.45, 7) is 4.54. The van der Waals surface area contributed by atoms with Crippen molar-refractivity contribution in [3.05, 3.63) is 0 Å². The molecule has 0 amide bonds. The van der Waals surface area contributed by atoms with Gasteiger partial charge in [0.15, 0.2) is 0 Å². The highest BCUT2D eigenvalue weighted by molar-refractivity contribution is 5.00. The Balaban J connectivity index is 3.20. The highest BCUT2D eigenvalue weighted by Gasteiger charge is 1.89. The molecule has 0 aliphatic rings. The zero-order valence-corrected chi connectivity index (χ0v) is 16.7. The average Bonchev–Trinajstić information content (AvgIpc) is 2.60. The average molecular weight is 331 g/mol. The van der Waals surface area contributed by atoms with E-state index in [0.29, 0.717) is 0 Å². The first kappa shape index (κ1) is 23.1. The van der Waals surface area contributed by atoms with Crippen LogP contribution in [0.15, 0.2) is 0 Å². The van der Waals surface area contributed by atoms with Crippen LogP contribution in [0.2, 0.25) is 0 Å². The topological polar surface area (TPSA) is 0 Å². The van der Waals surface area contributed by atoms with Crippen molar-refractivity contribution in [1.82, 2.24) is 0 Å². The van der Waals surface area contributed by atoms with Crippen molar-refractivity contribution in [1.29, 1.82) is 0 Å². The molecule has 0 radical (unpaired) electrons. The summed E-state index contributed by atoms with van der Waals surface area (Å²) < 4.78 is 0. The maximum Gasteiger partial charge on any atom is 0.00890 e. The van der Waals surface area contributed by atoms with Crippen molar-refractivity contribution < 1.29 is 0 Å². The first-order valence-corrected chi connectivity index (χ1v) is 10.8. The third-order valence-electron chi connectivity index (χ3n) is 4.41. The molecule has 0 bridgehead atoms. The van der Waals surface area contributed by atoms with Crippen LogP contribution in [-0.2, 0) is 0 Å². The summed E-state index contributed by atoms with van der Waals surface area (Å²) in [5.74, 6) is 13.3. The van der Waals surface area contributed by atoms with Gasteiger partial charge in [-0.1, -0.05) is 78.1 Å². The number of rotatable bonds is 15. The molecule has 0 atom stereocenters. The van der Waals surface area contributed by atoms with E-state index in [9.17, 15) is 0 Å². The molecule has 0 unspecified atom stereocenters. The van der Waals surface area contributed by atoms with E-state index in [2.05, 4.69) is 37.5 Å². The minimum Gasteiger partial charge on any atom is -0.103 e. The van der Waals surface area contributed by atoms with Gasteiger partial charge in [0.2, 0.25) is 0 Å². The van der Waals surface area contributed by atoms with Gasteiger partial charge in [-0.15, -0.1) is 23.7 Å². The predicted octanol–water partition coefficient (Wildman–Crippen LogP) is 8.05. The van der Waals surface area contributed by atoms with E-state index in [4.69, 9.17) is 0 Å². The second kappa shape index (κ2) is 22.1. The van der Waals surface area contributed by atoms with Crippen LogP contribution < -0.4 is 0 Å². The van der Waals surface area contributed by atoms with Gasteiger partial charge >= 0.3 is 0 Å². The molecule has 0 aromatic rings. The molecular weight excluding hydrogens is 288 g/mol. The summed E-state index contributed by atoms with van der Waals surface area (Å²) in [6.07, 6.45) is 23.1. The van der Waals surface area contributed by atoms with Gasteiger partial charge in [-0.3, -0.25) is 0 Å². The molecule has 0 N–H and O–H groups in total. The monoisotopic (exact) mass is 330 g/mol. The maximum absolute atomic E-state index is 3.33. The second-order valence-electron chi connectivity index (χ2n) is 6.95. The summed E-state index contributed by atoms with van der Waals surface area (Å²) in [5.41, 5.74) is 0. The van der Waals surface area contributed by atoms with Crippen LogP contribution in [0.4, 0.5) is 0 Å². The zero-order chi connectivity index (χ0) is 17.6. The highest BCUT2D eigenvalue weighted by Crippen LogP contribution is 2.07. The lowest BCUT2D eigenvalue weighted by Gasteiger charge is -1.96. The summed E-state index contributed by atoms with van der Waals surface area (Å²) in [6, 6.07) is 0. The lowest BCUT2D eigenvalue weighted by Crippen LogP contribution is -1.78. The van der Waals surface area contributed by atoms with E-state index in [1.165, 1.54) is 89.9 Å². The Labute approximate surface area is 153 Å². The van der Waals surface area contributed by atoms with Gasteiger partial charge in [0.05, 0.1) is 0 Å². The van der Waals surface area contributed by atoms with Gasteiger partial charge in [0.1, 0.15) is 0 Å². The molecule has 0 heteroatoms. The fourth-order valence-electron chi connectivity index (χ4n) is 2.77. The van der Waals surface area contributed by atoms with E-state index < -0.39 is 0 Å². The van der Waals surface area contributed by atoms with Crippen LogP contribution in [0.3, 0.4) is 0 Å². The summed E-state index contributed by atoms with van der Waals surface area (Å²) >= 11 is 0. The highest BCUT2D eigenvalue weighted by atomic mass is 13.9. The molecule has 0 rings (SSSR count). The normalized spacial score (nSPS) is 9.92. The molecule has 0 aromatic carbocycles. The van der Waals surface area contributed by atoms with Crippen molar-refractivity contribution >= 4 is 0 Å². The Morgan fingerprint density at radius 2 is 0.583 bits per heavy atom. The lowest BCUT2D eigenvalue weighted by atomic mass is 10.1. The number of hydrogen-bond donors (Lipinski definition) is 0. The van der Waals surface area contributed by atoms with Crippen LogP contribution in [0, 0.1) is 23.7 Å². The molecular formula is C24H42. The number of hydrogen-bond acceptors (Lipinski definition) is 0. The van der Waals surface area contributed by atoms with Crippen LogP contribution in [0.25, 0.3) is 0 Å². The molecule has 0 saturated heterocycles. The molecule has 0 aliphatic carbocycles. The van der Waals surface area contributed by atoms with Crippen LogP contribution >= 0.6 is 0 Å². The molecule has 0 nitrogen and oxygen atoms in total. The molecule has 138 valence electrons. The Bertz CT molecular complexity index is 308. The zero-order valence-electron chi connectivity index (χ0n) is 16.7. The maximum atomic E-state index is 3.33. The van der Waals surface area contributed by atoms with Crippen molar-refractivity contribution in [2.45, 2.75) is 129 Å². The molecule has 0 saturated carbocycles. The molecule has 0 fully saturated rings. The minimum absolute atomic E-state index is 1.06. The van der Waals surface area contributed by atoms with Gasteiger partial charge < -0.3 is 0 Å². The van der Waals surface area contributed by atoms with Gasteiger partial charge in [-0.05, 0) is 25.7 Å². The van der Waals surface area contributed by atoms with E-state index in [0.717, 1.165) is 25.7 Å². The minimum atomic E-state index is 1.06. The SMILES string of the molecule is CCCCCCCCC#CCCCCC#CCCCCCCCC. The van der Waals surface area contributed by atoms with Crippen LogP contribution in [0.1, 0.15) is 129 Å². The smallest absolute Gasteiger partial charge is 0.00890 e. The lowest BCUT2D eigenvalue weighted by molar-refractivity contribution is 0.613. The molecule has 0 aliphatic heterocycles. The van der Waals surface area contributed by atoms with Crippen molar-refractivity contribution in [3.63, 3.8) is 0 Å². The summed E-state index contributed by atoms with van der Waals surface area (Å²) in [5, 5.41) is 0. The predicted molar refractivity (Wildman–Crippen MR) is 110 cm³/mol. The quantitative estimate of drug-likeness (QED) is 0.210. The molecule has 0 spiro atoms. The Morgan fingerprint density at radius 3 is 0.917 bits per heavy atom. The summed E-state index contributed by atoms with van der Waals surface area (Å²) in [7, 11) is 0. The van der Waals surface area contributed by atoms with Gasteiger partial charge in [0, 0.05) is 25.7 Å². The second-order valence-corrected chi connectivity index (χ2v) is 6.95. The fraction of sp³-hybridized carbons (Fsp3) is 0.833. The van der Waals surface area contributed by atoms with Crippen molar-refractivity contribution in [3.8, 4) is 23.7 Å². The van der Waals surface area contributed by atoms with E-state index >= 15 is 0 Å². The third kappa shape index (κ3) is 21.1. The van der Waals surface area contributed by atoms with Gasteiger partial charge in [-0.2, -0.15) is 0 Å². The van der Waals surface area contributed by atoms with E-state index in [1.54, 1.807) is 0 Å². The van der Waals surface area contributed by atoms with Crippen LogP contribution in [0.5, 0.6) is 0 Å². The molecule has 0 aromatic heterocycles. The standard InChI is InChI=1S/C24H42/c1-3-5-7-9-11-13-15-17-19-21-23-24-22-20-18-16-14-12-10-8-6-4-2/h3-16,21-24H2,1-2H3. The van der Waals surface area contributed by atoms with Crippen molar-refractivity contribution in [2.75, 3.05) is 0 Å². The molecule has 0 heterocycles. The van der Waals surface area contributed by atoms with Crippen LogP contribution in [-0.4, -0.2) is 0 Å². The number of unbranched alkanes of at least 4 members (excludes halogenated alkanes) is 15. The largest absolute Gasteiger partial charge is 0.103 e. The van der Waals surface area contributed by atoms with E-state index in [1.807, 2.05) is 0 Å². The third-order valence-corrected chi connectivity index (χ3v) is 4.41. The summed E-state index contributed by atoms with van der Waals surface area (Å²) in [4.78, 5) is 0. The first-order valence-electron chi connectivity index (χ1n) is 10.8. The van der Waals surface area contributed by atoms with Gasteiger partial charge in [0.25, 0.3) is 0 Å². The Morgan fingerprint density at radius 1 is 0.333 bits per heavy atom. The Kier molecular flexibility index (Phi) is 21.3. The van der Waals surface area contributed by atoms with Crippen molar-refractivity contribution in [2.24, 2.45) is 0 Å². The first-order chi connectivity index (χ1) is 11.9. The Hall–Kier alpha value is -0.880.